The van der Waals surface area contributed by atoms with E-state index in [1.807, 2.05) is 0 Å². The minimum Gasteiger partial charge on any atom is -0.478 e. The number of Topliss-reactive ketones (excluding diaryl/α,β-unsaturated/α-hetero) is 1. The number of fused-ring (bicyclic) bond motifs is 1. The maximum Gasteiger partial charge on any atom is 0.408 e. The maximum atomic E-state index is 12.4. The quantitative estimate of drug-likeness (QED) is 0.822. The summed E-state index contributed by atoms with van der Waals surface area (Å²) in [6, 6.07) is -1.80. The number of amides is 1. The molecule has 1 aromatic heterocycles. The van der Waals surface area contributed by atoms with Gasteiger partial charge in [0.2, 0.25) is 5.78 Å². The van der Waals surface area contributed by atoms with Gasteiger partial charge in [-0.2, -0.15) is 13.2 Å². The van der Waals surface area contributed by atoms with Crippen LogP contribution in [0.5, 0.6) is 0 Å². The summed E-state index contributed by atoms with van der Waals surface area (Å²) in [5, 5.41) is 10.7. The van der Waals surface area contributed by atoms with Crippen molar-refractivity contribution in [1.82, 2.24) is 9.88 Å². The highest BCUT2D eigenvalue weighted by molar-refractivity contribution is 6.37. The summed E-state index contributed by atoms with van der Waals surface area (Å²) < 4.78 is 38.7. The highest BCUT2D eigenvalue weighted by Crippen LogP contribution is 2.29. The van der Waals surface area contributed by atoms with Crippen LogP contribution in [-0.2, 0) is 16.0 Å². The minimum atomic E-state index is -4.64. The van der Waals surface area contributed by atoms with Crippen molar-refractivity contribution in [2.75, 3.05) is 0 Å². The number of carbonyl (C=O) groups is 3. The number of ketones is 1. The lowest BCUT2D eigenvalue weighted by atomic mass is 9.97. The molecule has 1 aromatic rings. The zero-order valence-corrected chi connectivity index (χ0v) is 12.2. The fraction of sp³-hybridized carbons (Fsp3) is 0.500. The Morgan fingerprint density at radius 2 is 2.04 bits per heavy atom. The number of carboxylic acid groups (broad SMARTS) is 1. The molecular formula is C14H15F3N2O4. The van der Waals surface area contributed by atoms with Crippen LogP contribution in [-0.4, -0.2) is 39.6 Å². The van der Waals surface area contributed by atoms with E-state index in [2.05, 4.69) is 0 Å². The Hall–Kier alpha value is -2.32. The van der Waals surface area contributed by atoms with Gasteiger partial charge in [0.05, 0.1) is 5.56 Å². The molecule has 1 unspecified atom stereocenters. The summed E-state index contributed by atoms with van der Waals surface area (Å²) in [5.74, 6) is -3.48. The van der Waals surface area contributed by atoms with E-state index in [-0.39, 0.29) is 12.0 Å². The SMILES string of the molecule is CC(NC(=O)C(=O)[C@H]1CCCc2c(C(=O)O)ccn21)C(F)(F)F. The van der Waals surface area contributed by atoms with Gasteiger partial charge in [0.15, 0.2) is 0 Å². The molecule has 126 valence electrons. The van der Waals surface area contributed by atoms with Crippen molar-refractivity contribution in [3.05, 3.63) is 23.5 Å². The average Bonchev–Trinajstić information content (AvgIpc) is 2.89. The van der Waals surface area contributed by atoms with Crippen molar-refractivity contribution >= 4 is 17.7 Å². The maximum absolute atomic E-state index is 12.4. The summed E-state index contributed by atoms with van der Waals surface area (Å²) in [5.41, 5.74) is 0.435. The Labute approximate surface area is 129 Å². The summed E-state index contributed by atoms with van der Waals surface area (Å²) >= 11 is 0. The number of aromatic carboxylic acids is 1. The second-order valence-electron chi connectivity index (χ2n) is 5.40. The van der Waals surface area contributed by atoms with Crippen LogP contribution in [0.25, 0.3) is 0 Å². The molecule has 0 fully saturated rings. The van der Waals surface area contributed by atoms with E-state index in [0.717, 1.165) is 6.92 Å². The number of rotatable bonds is 4. The lowest BCUT2D eigenvalue weighted by Gasteiger charge is -2.26. The van der Waals surface area contributed by atoms with Gasteiger partial charge in [-0.3, -0.25) is 9.59 Å². The number of hydrogen-bond acceptors (Lipinski definition) is 3. The number of hydrogen-bond donors (Lipinski definition) is 2. The predicted molar refractivity (Wildman–Crippen MR) is 72.0 cm³/mol. The van der Waals surface area contributed by atoms with Gasteiger partial charge in [0.25, 0.3) is 5.91 Å². The molecule has 0 saturated carbocycles. The van der Waals surface area contributed by atoms with Crippen LogP contribution in [0.15, 0.2) is 12.3 Å². The largest absolute Gasteiger partial charge is 0.478 e. The standard InChI is InChI=1S/C14H15F3N2O4/c1-7(14(15,16)17)18-12(21)11(20)10-4-2-3-9-8(13(22)23)5-6-19(9)10/h5-7,10H,2-4H2,1H3,(H,18,21)(H,22,23)/t7?,10-/m1/s1. The van der Waals surface area contributed by atoms with Crippen molar-refractivity contribution in [1.29, 1.82) is 0 Å². The first-order valence-electron chi connectivity index (χ1n) is 6.97. The normalized spacial score (nSPS) is 18.9. The van der Waals surface area contributed by atoms with Crippen LogP contribution >= 0.6 is 0 Å². The van der Waals surface area contributed by atoms with E-state index in [1.54, 1.807) is 5.32 Å². The molecule has 0 radical (unpaired) electrons. The Bertz CT molecular complexity index is 651. The molecule has 6 nitrogen and oxygen atoms in total. The molecule has 2 atom stereocenters. The van der Waals surface area contributed by atoms with Gasteiger partial charge >= 0.3 is 12.1 Å². The van der Waals surface area contributed by atoms with Gasteiger partial charge in [-0.15, -0.1) is 0 Å². The predicted octanol–water partition coefficient (Wildman–Crippen LogP) is 1.70. The van der Waals surface area contributed by atoms with Gasteiger partial charge < -0.3 is 15.0 Å². The third kappa shape index (κ3) is 3.38. The Morgan fingerprint density at radius 3 is 2.61 bits per heavy atom. The third-order valence-electron chi connectivity index (χ3n) is 3.85. The van der Waals surface area contributed by atoms with Crippen LogP contribution in [0.3, 0.4) is 0 Å². The molecule has 2 heterocycles. The van der Waals surface area contributed by atoms with E-state index in [9.17, 15) is 27.6 Å². The van der Waals surface area contributed by atoms with Crippen LogP contribution in [0, 0.1) is 0 Å². The second kappa shape index (κ2) is 6.05. The van der Waals surface area contributed by atoms with Gasteiger partial charge in [-0.25, -0.2) is 4.79 Å². The summed E-state index contributed by atoms with van der Waals surface area (Å²) in [6.07, 6.45) is -2.09. The summed E-state index contributed by atoms with van der Waals surface area (Å²) in [7, 11) is 0. The fourth-order valence-electron chi connectivity index (χ4n) is 2.59. The van der Waals surface area contributed by atoms with Crippen LogP contribution < -0.4 is 5.32 Å². The Kier molecular flexibility index (Phi) is 4.49. The van der Waals surface area contributed by atoms with Gasteiger partial charge in [-0.1, -0.05) is 0 Å². The summed E-state index contributed by atoms with van der Waals surface area (Å²) in [6.45, 7) is 0.746. The van der Waals surface area contributed by atoms with Crippen molar-refractivity contribution in [2.45, 2.75) is 44.4 Å². The second-order valence-corrected chi connectivity index (χ2v) is 5.40. The summed E-state index contributed by atoms with van der Waals surface area (Å²) in [4.78, 5) is 35.0. The third-order valence-corrected chi connectivity index (χ3v) is 3.85. The van der Waals surface area contributed by atoms with Gasteiger partial charge in [0.1, 0.15) is 12.1 Å². The van der Waals surface area contributed by atoms with E-state index in [1.165, 1.54) is 16.8 Å². The zero-order valence-electron chi connectivity index (χ0n) is 12.2. The smallest absolute Gasteiger partial charge is 0.408 e. The van der Waals surface area contributed by atoms with Crippen molar-refractivity contribution in [3.63, 3.8) is 0 Å². The number of carboxylic acids is 1. The highest BCUT2D eigenvalue weighted by Gasteiger charge is 2.39. The van der Waals surface area contributed by atoms with E-state index in [0.29, 0.717) is 18.5 Å². The molecule has 1 aliphatic rings. The number of aromatic nitrogens is 1. The highest BCUT2D eigenvalue weighted by atomic mass is 19.4. The molecule has 1 aliphatic heterocycles. The van der Waals surface area contributed by atoms with E-state index in [4.69, 9.17) is 5.11 Å². The molecule has 9 heteroatoms. The molecule has 0 bridgehead atoms. The number of nitrogens with one attached hydrogen (secondary N) is 1. The lowest BCUT2D eigenvalue weighted by Crippen LogP contribution is -2.47. The van der Waals surface area contributed by atoms with E-state index >= 15 is 0 Å². The van der Waals surface area contributed by atoms with Crippen molar-refractivity contribution in [2.24, 2.45) is 0 Å². The van der Waals surface area contributed by atoms with Crippen molar-refractivity contribution < 1.29 is 32.7 Å². The Morgan fingerprint density at radius 1 is 1.39 bits per heavy atom. The molecule has 23 heavy (non-hydrogen) atoms. The lowest BCUT2D eigenvalue weighted by molar-refractivity contribution is -0.160. The molecule has 0 aliphatic carbocycles. The van der Waals surface area contributed by atoms with Gasteiger partial charge in [0, 0.05) is 11.9 Å². The van der Waals surface area contributed by atoms with Crippen LogP contribution in [0.2, 0.25) is 0 Å². The number of halogens is 3. The number of nitrogens with zero attached hydrogens (tertiary/aromatic N) is 1. The Balaban J connectivity index is 2.19. The molecule has 2 rings (SSSR count). The van der Waals surface area contributed by atoms with Crippen LogP contribution in [0.4, 0.5) is 13.2 Å². The van der Waals surface area contributed by atoms with Gasteiger partial charge in [-0.05, 0) is 32.3 Å². The average molecular weight is 332 g/mol. The molecule has 0 aromatic carbocycles. The van der Waals surface area contributed by atoms with E-state index < -0.39 is 35.9 Å². The first kappa shape index (κ1) is 17.0. The van der Waals surface area contributed by atoms with Crippen molar-refractivity contribution in [3.8, 4) is 0 Å². The minimum absolute atomic E-state index is 0.0339. The monoisotopic (exact) mass is 332 g/mol. The fourth-order valence-corrected chi connectivity index (χ4v) is 2.59. The molecule has 0 spiro atoms. The number of carbonyl (C=O) groups excluding carboxylic acids is 2. The number of alkyl halides is 3. The zero-order chi connectivity index (χ0) is 17.4. The van der Waals surface area contributed by atoms with Crippen LogP contribution in [0.1, 0.15) is 41.9 Å². The molecular weight excluding hydrogens is 317 g/mol. The molecule has 1 amide bonds. The molecule has 2 N–H and O–H groups in total. The first-order valence-corrected chi connectivity index (χ1v) is 6.97. The topological polar surface area (TPSA) is 88.4 Å². The first-order chi connectivity index (χ1) is 10.6. The molecule has 0 saturated heterocycles.